The van der Waals surface area contributed by atoms with Crippen LogP contribution in [0.2, 0.25) is 0 Å². The van der Waals surface area contributed by atoms with E-state index in [2.05, 4.69) is 157 Å². The van der Waals surface area contributed by atoms with Crippen molar-refractivity contribution in [2.45, 2.75) is 79.6 Å². The molecule has 0 fully saturated rings. The van der Waals surface area contributed by atoms with Gasteiger partial charge in [-0.2, -0.15) is 0 Å². The molecule has 4 aromatic rings. The van der Waals surface area contributed by atoms with Crippen LogP contribution in [0.15, 0.2) is 99.9 Å². The molecule has 0 nitrogen and oxygen atoms in total. The van der Waals surface area contributed by atoms with E-state index >= 15 is 0 Å². The number of allylic oxidation sites excluding steroid dienone is 4. The molecule has 0 aromatic heterocycles. The monoisotopic (exact) mass is 710 g/mol. The third kappa shape index (κ3) is 7.03. The number of fused-ring (bicyclic) bond motifs is 3. The topological polar surface area (TPSA) is 0 Å². The molecule has 1 unspecified atom stereocenters. The Kier molecular flexibility index (Phi) is 10.6. The van der Waals surface area contributed by atoms with E-state index in [1.807, 2.05) is 0 Å². The zero-order chi connectivity index (χ0) is 30.7. The minimum absolute atomic E-state index is 0. The van der Waals surface area contributed by atoms with Crippen molar-refractivity contribution in [1.82, 2.24) is 0 Å². The van der Waals surface area contributed by atoms with Crippen molar-refractivity contribution in [2.75, 3.05) is 0 Å². The molecule has 4 aromatic carbocycles. The molecule has 2 aliphatic rings. The number of rotatable bonds is 4. The fourth-order valence-electron chi connectivity index (χ4n) is 6.87. The fraction of sp³-hybridized carbons (Fsp3) is 0.310. The Morgan fingerprint density at radius 3 is 1.96 bits per heavy atom. The van der Waals surface area contributed by atoms with E-state index in [4.69, 9.17) is 0 Å². The third-order valence-electron chi connectivity index (χ3n) is 9.48. The summed E-state index contributed by atoms with van der Waals surface area (Å²) in [7, 11) is 0. The Hall–Kier alpha value is -2.31. The molecule has 2 aliphatic carbocycles. The quantitative estimate of drug-likeness (QED) is 0.262. The van der Waals surface area contributed by atoms with Gasteiger partial charge in [0.1, 0.15) is 0 Å². The maximum Gasteiger partial charge on any atom is -1.00 e. The SMILES string of the molecule is CC1=[C](/[Zr+2](=[CH]/c2ccc(C)cc2)[c]2cc(C(C)(C)C)cc3c2Cc2ccc(C(C)(C)C)cc2-3)C(C)C=C1c1ccccc1.[Cl-].[Cl-]. The van der Waals surface area contributed by atoms with Gasteiger partial charge in [-0.3, -0.25) is 0 Å². The molecule has 0 bridgehead atoms. The molecular formula is C42H46Cl2Zr. The zero-order valence-electron chi connectivity index (χ0n) is 28.3. The summed E-state index contributed by atoms with van der Waals surface area (Å²) in [5.74, 6) is 0.441. The van der Waals surface area contributed by atoms with Gasteiger partial charge in [-0.1, -0.05) is 0 Å². The second kappa shape index (κ2) is 13.4. The summed E-state index contributed by atoms with van der Waals surface area (Å²) in [6.07, 6.45) is 3.59. The van der Waals surface area contributed by atoms with Crippen molar-refractivity contribution in [3.8, 4) is 11.1 Å². The minimum atomic E-state index is -2.60. The van der Waals surface area contributed by atoms with Crippen LogP contribution in [0.25, 0.3) is 16.7 Å². The van der Waals surface area contributed by atoms with Crippen molar-refractivity contribution >= 4 is 12.6 Å². The largest absolute Gasteiger partial charge is 1.00 e. The summed E-state index contributed by atoms with van der Waals surface area (Å²) in [6, 6.07) is 32.7. The molecule has 3 heteroatoms. The maximum absolute atomic E-state index is 2.74. The fourth-order valence-corrected chi connectivity index (χ4v) is 14.5. The number of benzene rings is 4. The van der Waals surface area contributed by atoms with E-state index in [1.54, 1.807) is 12.1 Å². The van der Waals surface area contributed by atoms with Crippen LogP contribution in [0.1, 0.15) is 94.3 Å². The number of hydrogen-bond acceptors (Lipinski definition) is 0. The van der Waals surface area contributed by atoms with Crippen molar-refractivity contribution < 1.29 is 46.1 Å². The Morgan fingerprint density at radius 2 is 1.33 bits per heavy atom. The van der Waals surface area contributed by atoms with E-state index in [-0.39, 0.29) is 35.6 Å². The van der Waals surface area contributed by atoms with Crippen molar-refractivity contribution in [1.29, 1.82) is 0 Å². The molecule has 6 rings (SSSR count). The van der Waals surface area contributed by atoms with Gasteiger partial charge in [-0.25, -0.2) is 0 Å². The van der Waals surface area contributed by atoms with E-state index in [0.29, 0.717) is 5.92 Å². The van der Waals surface area contributed by atoms with Gasteiger partial charge in [0, 0.05) is 0 Å². The second-order valence-electron chi connectivity index (χ2n) is 14.8. The van der Waals surface area contributed by atoms with Crippen LogP contribution in [-0.4, -0.2) is 3.71 Å². The summed E-state index contributed by atoms with van der Waals surface area (Å²) in [5, 5.41) is 0. The van der Waals surface area contributed by atoms with Crippen LogP contribution in [0.4, 0.5) is 0 Å². The molecule has 0 saturated heterocycles. The molecule has 232 valence electrons. The molecule has 0 N–H and O–H groups in total. The normalized spacial score (nSPS) is 15.7. The van der Waals surface area contributed by atoms with Crippen LogP contribution >= 0.6 is 0 Å². The van der Waals surface area contributed by atoms with Gasteiger partial charge in [-0.05, 0) is 0 Å². The van der Waals surface area contributed by atoms with Crippen LogP contribution in [-0.2, 0) is 38.5 Å². The molecule has 0 amide bonds. The average molecular weight is 713 g/mol. The van der Waals surface area contributed by atoms with E-state index in [0.717, 1.165) is 6.42 Å². The average Bonchev–Trinajstić information content (AvgIpc) is 3.48. The first-order valence-electron chi connectivity index (χ1n) is 15.9. The summed E-state index contributed by atoms with van der Waals surface area (Å²) in [4.78, 5) is 0. The molecule has 0 aliphatic heterocycles. The minimum Gasteiger partial charge on any atom is -1.00 e. The van der Waals surface area contributed by atoms with Gasteiger partial charge in [0.15, 0.2) is 0 Å². The van der Waals surface area contributed by atoms with Crippen LogP contribution in [0, 0.1) is 12.8 Å². The molecule has 0 heterocycles. The first kappa shape index (κ1) is 35.5. The molecule has 45 heavy (non-hydrogen) atoms. The van der Waals surface area contributed by atoms with Gasteiger partial charge >= 0.3 is 269 Å². The first-order chi connectivity index (χ1) is 20.3. The van der Waals surface area contributed by atoms with Gasteiger partial charge in [0.05, 0.1) is 0 Å². The Bertz CT molecular complexity index is 1810. The van der Waals surface area contributed by atoms with E-state index < -0.39 is 21.3 Å². The van der Waals surface area contributed by atoms with Crippen molar-refractivity contribution in [2.24, 2.45) is 5.92 Å². The van der Waals surface area contributed by atoms with Crippen molar-refractivity contribution in [3.63, 3.8) is 0 Å². The van der Waals surface area contributed by atoms with Crippen LogP contribution in [0.5, 0.6) is 0 Å². The van der Waals surface area contributed by atoms with Gasteiger partial charge in [-0.15, -0.1) is 0 Å². The van der Waals surface area contributed by atoms with Crippen LogP contribution in [0.3, 0.4) is 0 Å². The Balaban J connectivity index is 0.00000230. The smallest absolute Gasteiger partial charge is 1.00 e. The summed E-state index contributed by atoms with van der Waals surface area (Å²) < 4.78 is 6.13. The zero-order valence-corrected chi connectivity index (χ0v) is 32.2. The Labute approximate surface area is 292 Å². The molecule has 1 atom stereocenters. The molecule has 0 radical (unpaired) electrons. The first-order valence-corrected chi connectivity index (χ1v) is 19.8. The molecule has 0 saturated carbocycles. The van der Waals surface area contributed by atoms with Gasteiger partial charge in [0.2, 0.25) is 0 Å². The van der Waals surface area contributed by atoms with Gasteiger partial charge in [0.25, 0.3) is 0 Å². The number of halogens is 2. The van der Waals surface area contributed by atoms with Crippen molar-refractivity contribution in [3.05, 3.63) is 139 Å². The molecular weight excluding hydrogens is 667 g/mol. The van der Waals surface area contributed by atoms with E-state index in [9.17, 15) is 0 Å². The number of aryl methyl sites for hydroxylation is 1. The maximum atomic E-state index is 2.74. The Morgan fingerprint density at radius 1 is 0.711 bits per heavy atom. The number of hydrogen-bond donors (Lipinski definition) is 0. The summed E-state index contributed by atoms with van der Waals surface area (Å²) in [5.41, 5.74) is 16.1. The predicted octanol–water partition coefficient (Wildman–Crippen LogP) is 4.27. The van der Waals surface area contributed by atoms with Gasteiger partial charge < -0.3 is 24.8 Å². The standard InChI is InChI=1S/C21H25.C13H13.C8H8.2ClH.Zr/c1-20(2,3)16-9-7-14-11-15-8-10-17(21(4,5)6)13-19(15)18(14)12-16;1-10-8-11(2)13(9-10)12-6-4-3-5-7-12;1-7-3-5-8(2)6-4-7;;;/h7,9-10,12-13H,11H2,1-6H3;3-7,9-10H,1-2H3;1,3-6H,2H3;2*1H;/q;;;;;+2/p-2. The third-order valence-corrected chi connectivity index (χ3v) is 17.0. The van der Waals surface area contributed by atoms with E-state index in [1.165, 1.54) is 55.7 Å². The predicted molar refractivity (Wildman–Crippen MR) is 184 cm³/mol. The second-order valence-corrected chi connectivity index (χ2v) is 20.2. The summed E-state index contributed by atoms with van der Waals surface area (Å²) >= 11 is -2.60. The molecule has 0 spiro atoms. The van der Waals surface area contributed by atoms with Crippen LogP contribution < -0.4 is 28.1 Å². The summed E-state index contributed by atoms with van der Waals surface area (Å²) in [6.45, 7) is 21.2.